The number of rotatable bonds is 6. The maximum Gasteiger partial charge on any atom is 0.296 e. The number of aromatic nitrogens is 2. The maximum atomic E-state index is 13.1. The van der Waals surface area contributed by atoms with Gasteiger partial charge in [-0.05, 0) is 61.4 Å². The van der Waals surface area contributed by atoms with Gasteiger partial charge in [0.25, 0.3) is 11.7 Å². The molecule has 1 atom stereocenters. The van der Waals surface area contributed by atoms with Crippen molar-refractivity contribution < 1.29 is 19.4 Å². The first-order valence-corrected chi connectivity index (χ1v) is 10.3. The van der Waals surface area contributed by atoms with Crippen LogP contribution in [0.5, 0.6) is 5.75 Å². The van der Waals surface area contributed by atoms with Crippen LogP contribution < -0.4 is 4.74 Å². The summed E-state index contributed by atoms with van der Waals surface area (Å²) in [6.45, 7) is 4.40. The zero-order valence-corrected chi connectivity index (χ0v) is 17.9. The van der Waals surface area contributed by atoms with E-state index >= 15 is 0 Å². The van der Waals surface area contributed by atoms with Gasteiger partial charge in [0, 0.05) is 24.2 Å². The van der Waals surface area contributed by atoms with Crippen molar-refractivity contribution >= 4 is 17.4 Å². The van der Waals surface area contributed by atoms with E-state index in [2.05, 4.69) is 9.97 Å². The lowest BCUT2D eigenvalue weighted by atomic mass is 9.95. The number of aliphatic hydroxyl groups is 1. The third-order valence-electron chi connectivity index (χ3n) is 5.35. The Hall–Kier alpha value is -4.00. The Kier molecular flexibility index (Phi) is 5.98. The number of Topliss-reactive ketones (excluding diaryl/α,β-unsaturated/α-hetero) is 1. The van der Waals surface area contributed by atoms with Gasteiger partial charge in [0.15, 0.2) is 0 Å². The molecule has 1 unspecified atom stereocenters. The lowest BCUT2D eigenvalue weighted by Crippen LogP contribution is -2.29. The van der Waals surface area contributed by atoms with Crippen LogP contribution in [0.1, 0.15) is 35.3 Å². The summed E-state index contributed by atoms with van der Waals surface area (Å²) >= 11 is 0. The number of ketones is 1. The Morgan fingerprint density at radius 1 is 1.12 bits per heavy atom. The molecule has 0 radical (unpaired) electrons. The minimum atomic E-state index is -0.780. The summed E-state index contributed by atoms with van der Waals surface area (Å²) in [4.78, 5) is 35.9. The van der Waals surface area contributed by atoms with Crippen LogP contribution in [0.25, 0.3) is 5.76 Å². The number of aliphatic hydroxyl groups excluding tert-OH is 1. The summed E-state index contributed by atoms with van der Waals surface area (Å²) in [6.07, 6.45) is 4.84. The first-order chi connectivity index (χ1) is 15.5. The van der Waals surface area contributed by atoms with Gasteiger partial charge in [0.1, 0.15) is 11.5 Å². The number of ether oxygens (including phenoxy) is 1. The van der Waals surface area contributed by atoms with Gasteiger partial charge >= 0.3 is 0 Å². The summed E-state index contributed by atoms with van der Waals surface area (Å²) in [6, 6.07) is 13.3. The van der Waals surface area contributed by atoms with Crippen LogP contribution in [0.3, 0.4) is 0 Å². The van der Waals surface area contributed by atoms with Gasteiger partial charge < -0.3 is 14.7 Å². The second-order valence-corrected chi connectivity index (χ2v) is 7.45. The second kappa shape index (κ2) is 9.01. The fourth-order valence-corrected chi connectivity index (χ4v) is 3.86. The zero-order valence-electron chi connectivity index (χ0n) is 17.9. The Labute approximate surface area is 186 Å². The van der Waals surface area contributed by atoms with Crippen LogP contribution in [0.4, 0.5) is 0 Å². The zero-order chi connectivity index (χ0) is 22.7. The summed E-state index contributed by atoms with van der Waals surface area (Å²) in [5.41, 5.74) is 2.56. The van der Waals surface area contributed by atoms with Crippen molar-refractivity contribution in [3.8, 4) is 5.75 Å². The molecule has 7 nitrogen and oxygen atoms in total. The van der Waals surface area contributed by atoms with E-state index in [1.807, 2.05) is 19.9 Å². The average molecular weight is 429 g/mol. The number of benzene rings is 1. The van der Waals surface area contributed by atoms with E-state index < -0.39 is 17.7 Å². The van der Waals surface area contributed by atoms with Gasteiger partial charge in [-0.15, -0.1) is 0 Å². The lowest BCUT2D eigenvalue weighted by Gasteiger charge is -2.24. The molecule has 1 amide bonds. The highest BCUT2D eigenvalue weighted by Gasteiger charge is 2.46. The van der Waals surface area contributed by atoms with Crippen LogP contribution in [0, 0.1) is 6.92 Å². The molecule has 1 fully saturated rings. The molecular formula is C25H23N3O4. The molecule has 2 aromatic heterocycles. The molecule has 1 saturated heterocycles. The van der Waals surface area contributed by atoms with E-state index in [0.29, 0.717) is 29.2 Å². The minimum absolute atomic E-state index is 0.0301. The van der Waals surface area contributed by atoms with Crippen molar-refractivity contribution in [2.45, 2.75) is 26.4 Å². The normalized spacial score (nSPS) is 17.6. The molecule has 3 heterocycles. The summed E-state index contributed by atoms with van der Waals surface area (Å²) < 4.78 is 5.57. The molecule has 162 valence electrons. The number of pyridine rings is 2. The van der Waals surface area contributed by atoms with Crippen LogP contribution >= 0.6 is 0 Å². The Morgan fingerprint density at radius 3 is 2.62 bits per heavy atom. The fourth-order valence-electron chi connectivity index (χ4n) is 3.86. The van der Waals surface area contributed by atoms with Gasteiger partial charge in [0.2, 0.25) is 0 Å². The second-order valence-electron chi connectivity index (χ2n) is 7.45. The van der Waals surface area contributed by atoms with E-state index in [-0.39, 0.29) is 17.9 Å². The van der Waals surface area contributed by atoms with Crippen molar-refractivity contribution in [1.29, 1.82) is 0 Å². The first-order valence-electron chi connectivity index (χ1n) is 10.3. The van der Waals surface area contributed by atoms with Crippen molar-refractivity contribution in [3.63, 3.8) is 0 Å². The standard InChI is InChI=1S/C25H23N3O4/c1-3-32-20-10-9-17(13-16(20)2)23(29)21-22(18-7-6-11-26-14-18)28(25(31)24(21)30)15-19-8-4-5-12-27-19/h4-14,22,29H,3,15H2,1-2H3/b23-21-. The van der Waals surface area contributed by atoms with Gasteiger partial charge in [-0.3, -0.25) is 19.6 Å². The predicted molar refractivity (Wildman–Crippen MR) is 119 cm³/mol. The monoisotopic (exact) mass is 429 g/mol. The van der Waals surface area contributed by atoms with Crippen LogP contribution in [-0.4, -0.2) is 38.3 Å². The van der Waals surface area contributed by atoms with Crippen LogP contribution in [-0.2, 0) is 16.1 Å². The number of carbonyl (C=O) groups excluding carboxylic acids is 2. The number of amides is 1. The number of likely N-dealkylation sites (tertiary alicyclic amines) is 1. The molecule has 7 heteroatoms. The third-order valence-corrected chi connectivity index (χ3v) is 5.35. The topological polar surface area (TPSA) is 92.6 Å². The highest BCUT2D eigenvalue weighted by atomic mass is 16.5. The largest absolute Gasteiger partial charge is 0.507 e. The Bertz CT molecular complexity index is 1180. The maximum absolute atomic E-state index is 13.1. The summed E-state index contributed by atoms with van der Waals surface area (Å²) in [7, 11) is 0. The van der Waals surface area contributed by atoms with Crippen molar-refractivity contribution in [1.82, 2.24) is 14.9 Å². The van der Waals surface area contributed by atoms with E-state index in [0.717, 1.165) is 5.56 Å². The van der Waals surface area contributed by atoms with Crippen molar-refractivity contribution in [3.05, 3.63) is 95.1 Å². The first kappa shape index (κ1) is 21.2. The molecule has 1 N–H and O–H groups in total. The fraction of sp³-hybridized carbons (Fsp3) is 0.200. The van der Waals surface area contributed by atoms with Gasteiger partial charge in [-0.25, -0.2) is 0 Å². The summed E-state index contributed by atoms with van der Waals surface area (Å²) in [5, 5.41) is 11.2. The average Bonchev–Trinajstić information content (AvgIpc) is 3.06. The Balaban J connectivity index is 1.83. The highest BCUT2D eigenvalue weighted by molar-refractivity contribution is 6.46. The molecule has 32 heavy (non-hydrogen) atoms. The lowest BCUT2D eigenvalue weighted by molar-refractivity contribution is -0.140. The van der Waals surface area contributed by atoms with E-state index in [4.69, 9.17) is 4.74 Å². The third kappa shape index (κ3) is 3.97. The quantitative estimate of drug-likeness (QED) is 0.364. The number of hydrogen-bond acceptors (Lipinski definition) is 6. The highest BCUT2D eigenvalue weighted by Crippen LogP contribution is 2.40. The van der Waals surface area contributed by atoms with Gasteiger partial charge in [-0.2, -0.15) is 0 Å². The molecule has 0 spiro atoms. The number of hydrogen-bond donors (Lipinski definition) is 1. The van der Waals surface area contributed by atoms with Crippen LogP contribution in [0.2, 0.25) is 0 Å². The summed E-state index contributed by atoms with van der Waals surface area (Å²) in [5.74, 6) is -0.956. The van der Waals surface area contributed by atoms with E-state index in [1.165, 1.54) is 4.90 Å². The van der Waals surface area contributed by atoms with Crippen molar-refractivity contribution in [2.75, 3.05) is 6.61 Å². The minimum Gasteiger partial charge on any atom is -0.507 e. The molecule has 0 saturated carbocycles. The van der Waals surface area contributed by atoms with Gasteiger partial charge in [-0.1, -0.05) is 12.1 Å². The molecule has 4 rings (SSSR count). The SMILES string of the molecule is CCOc1ccc(/C(O)=C2/C(=O)C(=O)N(Cc3ccccn3)C2c2cccnc2)cc1C. The molecule has 0 bridgehead atoms. The van der Waals surface area contributed by atoms with Gasteiger partial charge in [0.05, 0.1) is 30.5 Å². The Morgan fingerprint density at radius 2 is 1.97 bits per heavy atom. The molecule has 1 aliphatic rings. The number of nitrogens with zero attached hydrogens (tertiary/aromatic N) is 3. The van der Waals surface area contributed by atoms with E-state index in [9.17, 15) is 14.7 Å². The predicted octanol–water partition coefficient (Wildman–Crippen LogP) is 3.81. The molecular weight excluding hydrogens is 406 g/mol. The molecule has 0 aliphatic carbocycles. The van der Waals surface area contributed by atoms with E-state index in [1.54, 1.807) is 61.1 Å². The molecule has 1 aromatic carbocycles. The molecule has 3 aromatic rings. The number of aryl methyl sites for hydroxylation is 1. The van der Waals surface area contributed by atoms with Crippen molar-refractivity contribution in [2.24, 2.45) is 0 Å². The smallest absolute Gasteiger partial charge is 0.296 e. The van der Waals surface area contributed by atoms with Crippen LogP contribution in [0.15, 0.2) is 72.7 Å². The molecule has 1 aliphatic heterocycles. The number of carbonyl (C=O) groups is 2.